The quantitative estimate of drug-likeness (QED) is 0.458. The SMILES string of the molecule is C=CCNc1nnc(SCC(=O)NC2CCCCCC2)s1. The molecular formula is C14H22N4OS2. The van der Waals surface area contributed by atoms with Gasteiger partial charge in [-0.2, -0.15) is 0 Å². The monoisotopic (exact) mass is 326 g/mol. The lowest BCUT2D eigenvalue weighted by Gasteiger charge is -2.15. The van der Waals surface area contributed by atoms with Gasteiger partial charge >= 0.3 is 0 Å². The predicted molar refractivity (Wildman–Crippen MR) is 89.0 cm³/mol. The van der Waals surface area contributed by atoms with E-state index in [9.17, 15) is 4.79 Å². The first-order chi connectivity index (χ1) is 10.3. The average Bonchev–Trinajstić information content (AvgIpc) is 2.79. The second-order valence-electron chi connectivity index (χ2n) is 5.09. The second-order valence-corrected chi connectivity index (χ2v) is 7.29. The molecule has 1 amide bonds. The summed E-state index contributed by atoms with van der Waals surface area (Å²) in [5.74, 6) is 0.509. The molecule has 1 aromatic rings. The van der Waals surface area contributed by atoms with Crippen molar-refractivity contribution in [3.05, 3.63) is 12.7 Å². The van der Waals surface area contributed by atoms with Gasteiger partial charge in [-0.3, -0.25) is 4.79 Å². The van der Waals surface area contributed by atoms with E-state index < -0.39 is 0 Å². The largest absolute Gasteiger partial charge is 0.357 e. The van der Waals surface area contributed by atoms with Gasteiger partial charge in [-0.25, -0.2) is 0 Å². The first-order valence-corrected chi connectivity index (χ1v) is 9.18. The summed E-state index contributed by atoms with van der Waals surface area (Å²) in [5, 5.41) is 15.1. The van der Waals surface area contributed by atoms with Crippen LogP contribution in [0.3, 0.4) is 0 Å². The van der Waals surface area contributed by atoms with E-state index in [1.807, 2.05) is 0 Å². The predicted octanol–water partition coefficient (Wildman–Crippen LogP) is 3.07. The Balaban J connectivity index is 1.70. The zero-order valence-electron chi connectivity index (χ0n) is 12.1. The molecule has 2 rings (SSSR count). The molecule has 116 valence electrons. The number of amides is 1. The fraction of sp³-hybridized carbons (Fsp3) is 0.643. The molecule has 0 aliphatic heterocycles. The van der Waals surface area contributed by atoms with Crippen LogP contribution in [0.15, 0.2) is 17.0 Å². The highest BCUT2D eigenvalue weighted by Crippen LogP contribution is 2.25. The number of carbonyl (C=O) groups excluding carboxylic acids is 1. The first-order valence-electron chi connectivity index (χ1n) is 7.38. The van der Waals surface area contributed by atoms with E-state index in [4.69, 9.17) is 0 Å². The minimum Gasteiger partial charge on any atom is -0.357 e. The van der Waals surface area contributed by atoms with E-state index in [0.717, 1.165) is 22.3 Å². The van der Waals surface area contributed by atoms with Crippen LogP contribution in [0.25, 0.3) is 0 Å². The van der Waals surface area contributed by atoms with Gasteiger partial charge in [0.1, 0.15) is 0 Å². The number of carbonyl (C=O) groups is 1. The van der Waals surface area contributed by atoms with Gasteiger partial charge in [0.15, 0.2) is 4.34 Å². The van der Waals surface area contributed by atoms with E-state index in [1.165, 1.54) is 48.8 Å². The molecule has 0 spiro atoms. The topological polar surface area (TPSA) is 66.9 Å². The number of rotatable bonds is 7. The Kier molecular flexibility index (Phi) is 7.02. The Labute approximate surface area is 134 Å². The van der Waals surface area contributed by atoms with Crippen LogP contribution in [0.5, 0.6) is 0 Å². The number of nitrogens with one attached hydrogen (secondary N) is 2. The van der Waals surface area contributed by atoms with Crippen molar-refractivity contribution in [2.45, 2.75) is 48.9 Å². The van der Waals surface area contributed by atoms with E-state index in [-0.39, 0.29) is 5.91 Å². The summed E-state index contributed by atoms with van der Waals surface area (Å²) in [6, 6.07) is 0.361. The number of hydrogen-bond donors (Lipinski definition) is 2. The third kappa shape index (κ3) is 6.05. The van der Waals surface area contributed by atoms with Gasteiger partial charge in [0.05, 0.1) is 5.75 Å². The zero-order chi connectivity index (χ0) is 14.9. The molecule has 0 aromatic carbocycles. The van der Waals surface area contributed by atoms with Gasteiger partial charge in [0.25, 0.3) is 0 Å². The molecule has 1 heterocycles. The van der Waals surface area contributed by atoms with Gasteiger partial charge in [0.2, 0.25) is 11.0 Å². The molecule has 5 nitrogen and oxygen atoms in total. The molecule has 0 bridgehead atoms. The molecule has 1 aromatic heterocycles. The summed E-state index contributed by atoms with van der Waals surface area (Å²) >= 11 is 2.91. The Bertz CT molecular complexity index is 456. The minimum atomic E-state index is 0.0997. The molecule has 1 aliphatic carbocycles. The summed E-state index contributed by atoms with van der Waals surface area (Å²) in [7, 11) is 0. The van der Waals surface area contributed by atoms with Crippen molar-refractivity contribution in [1.82, 2.24) is 15.5 Å². The summed E-state index contributed by atoms with van der Waals surface area (Å²) in [5.41, 5.74) is 0. The zero-order valence-corrected chi connectivity index (χ0v) is 13.8. The van der Waals surface area contributed by atoms with Crippen LogP contribution in [-0.2, 0) is 4.79 Å². The molecule has 21 heavy (non-hydrogen) atoms. The molecular weight excluding hydrogens is 304 g/mol. The maximum Gasteiger partial charge on any atom is 0.230 e. The Morgan fingerprint density at radius 1 is 1.33 bits per heavy atom. The van der Waals surface area contributed by atoms with Gasteiger partial charge in [0, 0.05) is 12.6 Å². The number of nitrogens with zero attached hydrogens (tertiary/aromatic N) is 2. The van der Waals surface area contributed by atoms with Gasteiger partial charge in [-0.05, 0) is 12.8 Å². The van der Waals surface area contributed by atoms with Crippen molar-refractivity contribution in [1.29, 1.82) is 0 Å². The van der Waals surface area contributed by atoms with Crippen molar-refractivity contribution in [2.24, 2.45) is 0 Å². The minimum absolute atomic E-state index is 0.0997. The highest BCUT2D eigenvalue weighted by Gasteiger charge is 2.15. The van der Waals surface area contributed by atoms with E-state index >= 15 is 0 Å². The van der Waals surface area contributed by atoms with Gasteiger partial charge < -0.3 is 10.6 Å². The highest BCUT2D eigenvalue weighted by molar-refractivity contribution is 8.01. The number of anilines is 1. The van der Waals surface area contributed by atoms with Crippen LogP contribution < -0.4 is 10.6 Å². The van der Waals surface area contributed by atoms with Gasteiger partial charge in [-0.15, -0.1) is 16.8 Å². The maximum atomic E-state index is 12.0. The fourth-order valence-electron chi connectivity index (χ4n) is 2.32. The Hall–Kier alpha value is -1.08. The van der Waals surface area contributed by atoms with Crippen LogP contribution in [0.1, 0.15) is 38.5 Å². The van der Waals surface area contributed by atoms with Crippen molar-refractivity contribution < 1.29 is 4.79 Å². The molecule has 0 atom stereocenters. The van der Waals surface area contributed by atoms with Crippen LogP contribution in [0, 0.1) is 0 Å². The molecule has 7 heteroatoms. The molecule has 1 saturated carbocycles. The van der Waals surface area contributed by atoms with E-state index in [0.29, 0.717) is 18.3 Å². The number of thioether (sulfide) groups is 1. The second kappa shape index (κ2) is 9.04. The van der Waals surface area contributed by atoms with Crippen molar-refractivity contribution in [3.8, 4) is 0 Å². The molecule has 0 unspecified atom stereocenters. The highest BCUT2D eigenvalue weighted by atomic mass is 32.2. The lowest BCUT2D eigenvalue weighted by atomic mass is 10.1. The first kappa shape index (κ1) is 16.3. The summed E-state index contributed by atoms with van der Waals surface area (Å²) < 4.78 is 0.817. The lowest BCUT2D eigenvalue weighted by Crippen LogP contribution is -2.35. The summed E-state index contributed by atoms with van der Waals surface area (Å²) in [6.45, 7) is 4.31. The summed E-state index contributed by atoms with van der Waals surface area (Å²) in [6.07, 6.45) is 9.06. The molecule has 0 saturated heterocycles. The van der Waals surface area contributed by atoms with Crippen LogP contribution in [0.2, 0.25) is 0 Å². The average molecular weight is 326 g/mol. The molecule has 1 aliphatic rings. The fourth-order valence-corrected chi connectivity index (χ4v) is 3.89. The van der Waals surface area contributed by atoms with E-state index in [2.05, 4.69) is 27.4 Å². The third-order valence-electron chi connectivity index (χ3n) is 3.35. The smallest absolute Gasteiger partial charge is 0.230 e. The van der Waals surface area contributed by atoms with Crippen molar-refractivity contribution in [2.75, 3.05) is 17.6 Å². The van der Waals surface area contributed by atoms with Crippen LogP contribution in [-0.4, -0.2) is 34.4 Å². The van der Waals surface area contributed by atoms with Crippen LogP contribution >= 0.6 is 23.1 Å². The third-order valence-corrected chi connectivity index (χ3v) is 5.37. The lowest BCUT2D eigenvalue weighted by molar-refractivity contribution is -0.119. The molecule has 0 radical (unpaired) electrons. The number of aromatic nitrogens is 2. The number of hydrogen-bond acceptors (Lipinski definition) is 6. The standard InChI is InChI=1S/C14H22N4OS2/c1-2-9-15-13-17-18-14(21-13)20-10-12(19)16-11-7-5-3-4-6-8-11/h2,11H,1,3-10H2,(H,15,17)(H,16,19). The maximum absolute atomic E-state index is 12.0. The Morgan fingerprint density at radius 3 is 2.81 bits per heavy atom. The van der Waals surface area contributed by atoms with Crippen molar-refractivity contribution >= 4 is 34.1 Å². The van der Waals surface area contributed by atoms with E-state index in [1.54, 1.807) is 6.08 Å². The molecule has 2 N–H and O–H groups in total. The van der Waals surface area contributed by atoms with Crippen LogP contribution in [0.4, 0.5) is 5.13 Å². The van der Waals surface area contributed by atoms with Gasteiger partial charge in [-0.1, -0.05) is 54.9 Å². The molecule has 1 fully saturated rings. The van der Waals surface area contributed by atoms with Crippen molar-refractivity contribution in [3.63, 3.8) is 0 Å². The summed E-state index contributed by atoms with van der Waals surface area (Å²) in [4.78, 5) is 12.0. The Morgan fingerprint density at radius 2 is 2.10 bits per heavy atom. The normalized spacial score (nSPS) is 16.2.